The first-order valence-corrected chi connectivity index (χ1v) is 9.64. The number of benzene rings is 1. The SMILES string of the molecule is CCOC(=O)c1cc(-c2ccccc2)sc1NC(=O)COC(=O)[C@@H]1C[C@@H]1C. The van der Waals surface area contributed by atoms with Gasteiger partial charge >= 0.3 is 11.9 Å². The fourth-order valence-corrected chi connectivity index (χ4v) is 3.71. The molecule has 1 fully saturated rings. The molecule has 0 bridgehead atoms. The fourth-order valence-electron chi connectivity index (χ4n) is 2.65. The summed E-state index contributed by atoms with van der Waals surface area (Å²) in [4.78, 5) is 37.0. The van der Waals surface area contributed by atoms with Gasteiger partial charge in [-0.2, -0.15) is 0 Å². The summed E-state index contributed by atoms with van der Waals surface area (Å²) in [5, 5.41) is 3.05. The Hall–Kier alpha value is -2.67. The van der Waals surface area contributed by atoms with Gasteiger partial charge in [-0.1, -0.05) is 37.3 Å². The third-order valence-electron chi connectivity index (χ3n) is 4.30. The first kappa shape index (κ1) is 19.1. The van der Waals surface area contributed by atoms with Gasteiger partial charge in [-0.15, -0.1) is 11.3 Å². The number of thiophene rings is 1. The minimum Gasteiger partial charge on any atom is -0.462 e. The average molecular weight is 387 g/mol. The van der Waals surface area contributed by atoms with Gasteiger partial charge in [0, 0.05) is 4.88 Å². The Morgan fingerprint density at radius 3 is 2.52 bits per heavy atom. The smallest absolute Gasteiger partial charge is 0.341 e. The monoisotopic (exact) mass is 387 g/mol. The van der Waals surface area contributed by atoms with Gasteiger partial charge in [0.2, 0.25) is 0 Å². The van der Waals surface area contributed by atoms with E-state index in [4.69, 9.17) is 9.47 Å². The van der Waals surface area contributed by atoms with Crippen molar-refractivity contribution in [1.29, 1.82) is 0 Å². The molecule has 3 rings (SSSR count). The van der Waals surface area contributed by atoms with Crippen molar-refractivity contribution in [3.05, 3.63) is 42.0 Å². The highest BCUT2D eigenvalue weighted by Gasteiger charge is 2.40. The highest BCUT2D eigenvalue weighted by Crippen LogP contribution is 2.38. The van der Waals surface area contributed by atoms with Crippen molar-refractivity contribution in [2.24, 2.45) is 11.8 Å². The zero-order valence-corrected chi connectivity index (χ0v) is 16.0. The zero-order chi connectivity index (χ0) is 19.4. The second-order valence-electron chi connectivity index (χ2n) is 6.42. The summed E-state index contributed by atoms with van der Waals surface area (Å²) in [7, 11) is 0. The van der Waals surface area contributed by atoms with Crippen molar-refractivity contribution < 1.29 is 23.9 Å². The molecule has 27 heavy (non-hydrogen) atoms. The Labute approximate surface area is 161 Å². The molecule has 1 amide bonds. The summed E-state index contributed by atoms with van der Waals surface area (Å²) < 4.78 is 10.1. The van der Waals surface area contributed by atoms with Crippen LogP contribution in [0.3, 0.4) is 0 Å². The lowest BCUT2D eigenvalue weighted by molar-refractivity contribution is -0.148. The van der Waals surface area contributed by atoms with Crippen LogP contribution in [0, 0.1) is 11.8 Å². The van der Waals surface area contributed by atoms with Crippen LogP contribution < -0.4 is 5.32 Å². The van der Waals surface area contributed by atoms with Crippen LogP contribution in [0.2, 0.25) is 0 Å². The molecular weight excluding hydrogens is 366 g/mol. The van der Waals surface area contributed by atoms with Crippen LogP contribution in [0.25, 0.3) is 10.4 Å². The zero-order valence-electron chi connectivity index (χ0n) is 15.2. The number of carbonyl (C=O) groups is 3. The van der Waals surface area contributed by atoms with E-state index < -0.39 is 11.9 Å². The van der Waals surface area contributed by atoms with Crippen LogP contribution in [-0.2, 0) is 19.1 Å². The van der Waals surface area contributed by atoms with Gasteiger partial charge < -0.3 is 14.8 Å². The van der Waals surface area contributed by atoms with Crippen LogP contribution >= 0.6 is 11.3 Å². The summed E-state index contributed by atoms with van der Waals surface area (Å²) in [5.41, 5.74) is 1.22. The van der Waals surface area contributed by atoms with E-state index in [1.165, 1.54) is 11.3 Å². The predicted molar refractivity (Wildman–Crippen MR) is 103 cm³/mol. The number of rotatable bonds is 7. The molecule has 1 aliphatic carbocycles. The molecule has 1 aromatic carbocycles. The first-order valence-electron chi connectivity index (χ1n) is 8.82. The third-order valence-corrected chi connectivity index (χ3v) is 5.40. The second kappa shape index (κ2) is 8.35. The maximum atomic E-state index is 12.2. The van der Waals surface area contributed by atoms with Gasteiger partial charge in [-0.25, -0.2) is 4.79 Å². The van der Waals surface area contributed by atoms with Crippen LogP contribution in [0.4, 0.5) is 5.00 Å². The van der Waals surface area contributed by atoms with Crippen LogP contribution in [0.1, 0.15) is 30.6 Å². The number of hydrogen-bond acceptors (Lipinski definition) is 6. The number of ether oxygens (including phenoxy) is 2. The van der Waals surface area contributed by atoms with Crippen molar-refractivity contribution in [2.75, 3.05) is 18.5 Å². The molecule has 2 aromatic rings. The van der Waals surface area contributed by atoms with Crippen LogP contribution in [0.5, 0.6) is 0 Å². The average Bonchev–Trinajstić information content (AvgIpc) is 3.25. The van der Waals surface area contributed by atoms with Gasteiger partial charge in [-0.05, 0) is 30.9 Å². The van der Waals surface area contributed by atoms with Crippen molar-refractivity contribution in [3.63, 3.8) is 0 Å². The molecule has 6 nitrogen and oxygen atoms in total. The molecule has 7 heteroatoms. The quantitative estimate of drug-likeness (QED) is 0.732. The van der Waals surface area contributed by atoms with Gasteiger partial charge in [0.15, 0.2) is 6.61 Å². The van der Waals surface area contributed by atoms with Crippen molar-refractivity contribution >= 4 is 34.2 Å². The summed E-state index contributed by atoms with van der Waals surface area (Å²) in [6.07, 6.45) is 0.804. The molecular formula is C20H21NO5S. The Morgan fingerprint density at radius 1 is 1.19 bits per heavy atom. The summed E-state index contributed by atoms with van der Waals surface area (Å²) in [6.45, 7) is 3.55. The van der Waals surface area contributed by atoms with Gasteiger partial charge in [0.05, 0.1) is 18.1 Å². The lowest BCUT2D eigenvalue weighted by Crippen LogP contribution is -2.22. The summed E-state index contributed by atoms with van der Waals surface area (Å²) >= 11 is 1.28. The van der Waals surface area contributed by atoms with E-state index in [2.05, 4.69) is 5.32 Å². The van der Waals surface area contributed by atoms with Crippen molar-refractivity contribution in [1.82, 2.24) is 0 Å². The molecule has 1 heterocycles. The molecule has 2 atom stereocenters. The molecule has 0 spiro atoms. The number of carbonyl (C=O) groups excluding carboxylic acids is 3. The van der Waals surface area contributed by atoms with E-state index in [1.807, 2.05) is 37.3 Å². The Kier molecular flexibility index (Phi) is 5.91. The third kappa shape index (κ3) is 4.74. The molecule has 1 aliphatic rings. The van der Waals surface area contributed by atoms with E-state index in [9.17, 15) is 14.4 Å². The number of hydrogen-bond donors (Lipinski definition) is 1. The molecule has 1 saturated carbocycles. The normalized spacial score (nSPS) is 17.9. The van der Waals surface area contributed by atoms with E-state index in [0.717, 1.165) is 16.9 Å². The second-order valence-corrected chi connectivity index (χ2v) is 7.47. The molecule has 0 aliphatic heterocycles. The number of amides is 1. The largest absolute Gasteiger partial charge is 0.462 e. The lowest BCUT2D eigenvalue weighted by Gasteiger charge is -2.07. The van der Waals surface area contributed by atoms with Crippen LogP contribution in [-0.4, -0.2) is 31.1 Å². The minimum atomic E-state index is -0.505. The van der Waals surface area contributed by atoms with E-state index in [-0.39, 0.29) is 30.7 Å². The highest BCUT2D eigenvalue weighted by molar-refractivity contribution is 7.20. The number of esters is 2. The number of anilines is 1. The molecule has 142 valence electrons. The summed E-state index contributed by atoms with van der Waals surface area (Å²) in [5.74, 6) is -1.11. The maximum Gasteiger partial charge on any atom is 0.341 e. The van der Waals surface area contributed by atoms with E-state index in [0.29, 0.717) is 10.9 Å². The van der Waals surface area contributed by atoms with Crippen molar-refractivity contribution in [3.8, 4) is 10.4 Å². The Balaban J connectivity index is 1.72. The van der Waals surface area contributed by atoms with E-state index in [1.54, 1.807) is 13.0 Å². The Morgan fingerprint density at radius 2 is 1.89 bits per heavy atom. The fraction of sp³-hybridized carbons (Fsp3) is 0.350. The first-order chi connectivity index (χ1) is 13.0. The predicted octanol–water partition coefficient (Wildman–Crippen LogP) is 3.73. The molecule has 1 aromatic heterocycles. The highest BCUT2D eigenvalue weighted by atomic mass is 32.1. The molecule has 0 saturated heterocycles. The Bertz CT molecular complexity index is 845. The van der Waals surface area contributed by atoms with Gasteiger partial charge in [0.25, 0.3) is 5.91 Å². The number of nitrogens with one attached hydrogen (secondary N) is 1. The molecule has 0 unspecified atom stereocenters. The standard InChI is InChI=1S/C20H21NO5S/c1-3-25-20(24)15-10-16(13-7-5-4-6-8-13)27-18(15)21-17(22)11-26-19(23)14-9-12(14)2/h4-8,10,12,14H,3,9,11H2,1-2H3,(H,21,22)/t12-,14+/m0/s1. The van der Waals surface area contributed by atoms with Gasteiger partial charge in [-0.3, -0.25) is 9.59 Å². The lowest BCUT2D eigenvalue weighted by atomic mass is 10.1. The topological polar surface area (TPSA) is 81.7 Å². The van der Waals surface area contributed by atoms with Crippen molar-refractivity contribution in [2.45, 2.75) is 20.3 Å². The molecule has 1 N–H and O–H groups in total. The van der Waals surface area contributed by atoms with Crippen LogP contribution in [0.15, 0.2) is 36.4 Å². The summed E-state index contributed by atoms with van der Waals surface area (Å²) in [6, 6.07) is 11.2. The van der Waals surface area contributed by atoms with E-state index >= 15 is 0 Å². The minimum absolute atomic E-state index is 0.0979. The van der Waals surface area contributed by atoms with Gasteiger partial charge in [0.1, 0.15) is 5.00 Å². The maximum absolute atomic E-state index is 12.2. The molecule has 0 radical (unpaired) electrons.